The van der Waals surface area contributed by atoms with Crippen molar-refractivity contribution in [1.82, 2.24) is 39.0 Å². The molecule has 0 unspecified atom stereocenters. The average Bonchev–Trinajstić information content (AvgIpc) is 3.88. The lowest BCUT2D eigenvalue weighted by atomic mass is 10.0. The van der Waals surface area contributed by atoms with Crippen LogP contribution in [0, 0.1) is 13.8 Å². The van der Waals surface area contributed by atoms with Crippen molar-refractivity contribution in [1.29, 1.82) is 0 Å². The summed E-state index contributed by atoms with van der Waals surface area (Å²) >= 11 is 0. The number of aryl methyl sites for hydroxylation is 2. The first-order valence-corrected chi connectivity index (χ1v) is 21.6. The summed E-state index contributed by atoms with van der Waals surface area (Å²) in [6.45, 7) is 4.24. The molecule has 5 aromatic carbocycles. The number of hydrogen-bond donors (Lipinski definition) is 0. The van der Waals surface area contributed by atoms with Crippen LogP contribution in [0.5, 0.6) is 0 Å². The number of rotatable bonds is 8. The number of aromatic nitrogens is 8. The molecule has 0 saturated heterocycles. The number of pyridine rings is 4. The molecule has 0 atom stereocenters. The van der Waals surface area contributed by atoms with Gasteiger partial charge in [0.05, 0.1) is 50.5 Å². The minimum absolute atomic E-state index is 0.630. The summed E-state index contributed by atoms with van der Waals surface area (Å²) in [5.74, 6) is 0.630. The summed E-state index contributed by atoms with van der Waals surface area (Å²) in [4.78, 5) is 32.8. The van der Waals surface area contributed by atoms with Gasteiger partial charge in [-0.2, -0.15) is 0 Å². The topological polar surface area (TPSA) is 90.4 Å². The normalized spacial score (nSPS) is 11.5. The van der Waals surface area contributed by atoms with E-state index in [1.165, 1.54) is 11.1 Å². The highest BCUT2D eigenvalue weighted by Crippen LogP contribution is 2.48. The zero-order chi connectivity index (χ0) is 43.4. The van der Waals surface area contributed by atoms with Gasteiger partial charge >= 0.3 is 0 Å². The molecule has 0 radical (unpaired) electrons. The number of anilines is 3. The standard InChI is InChI=1S/C56H39N9/c1-36-21-25-41(26-22-36)63(42-27-23-37(2)24-28-42)55-49(64-45-17-9-29-57-51(45)52-46(64)18-10-30-58-52)33-40(34-50(55)65-47-19-11-31-59-53(47)54-48(65)20-12-32-60-54)44-35-43(38-13-5-3-6-14-38)61-56(62-44)39-15-7-4-8-16-39/h3-35H,1-2H3. The van der Waals surface area contributed by atoms with Crippen LogP contribution in [0.15, 0.2) is 201 Å². The maximum atomic E-state index is 5.41. The molecule has 7 aromatic heterocycles. The summed E-state index contributed by atoms with van der Waals surface area (Å²) in [5.41, 5.74) is 18.3. The second-order valence-electron chi connectivity index (χ2n) is 16.2. The zero-order valence-corrected chi connectivity index (χ0v) is 35.6. The minimum atomic E-state index is 0.630. The highest BCUT2D eigenvalue weighted by molar-refractivity contribution is 6.08. The Kier molecular flexibility index (Phi) is 9.05. The Morgan fingerprint density at radius 2 is 0.754 bits per heavy atom. The van der Waals surface area contributed by atoms with E-state index in [1.807, 2.05) is 85.5 Å². The lowest BCUT2D eigenvalue weighted by Gasteiger charge is -2.32. The molecule has 12 aromatic rings. The van der Waals surface area contributed by atoms with E-state index in [2.05, 4.69) is 143 Å². The molecule has 9 nitrogen and oxygen atoms in total. The van der Waals surface area contributed by atoms with Crippen molar-refractivity contribution in [2.75, 3.05) is 4.90 Å². The lowest BCUT2D eigenvalue weighted by molar-refractivity contribution is 1.09. The van der Waals surface area contributed by atoms with Crippen LogP contribution in [0.4, 0.5) is 17.1 Å². The second-order valence-corrected chi connectivity index (χ2v) is 16.2. The third kappa shape index (κ3) is 6.48. The maximum absolute atomic E-state index is 5.41. The third-order valence-electron chi connectivity index (χ3n) is 12.0. The quantitative estimate of drug-likeness (QED) is 0.150. The highest BCUT2D eigenvalue weighted by Gasteiger charge is 2.29. The molecular formula is C56H39N9. The van der Waals surface area contributed by atoms with Gasteiger partial charge in [-0.15, -0.1) is 0 Å². The summed E-state index contributed by atoms with van der Waals surface area (Å²) in [7, 11) is 0. The molecule has 9 heteroatoms. The van der Waals surface area contributed by atoms with Crippen LogP contribution in [-0.4, -0.2) is 39.0 Å². The SMILES string of the molecule is Cc1ccc(N(c2ccc(C)cc2)c2c(-n3c4cccnc4c4ncccc43)cc(-c3cc(-c4ccccc4)nc(-c4ccccc4)n3)cc2-n2c3cccnc3c3ncccc32)cc1. The lowest BCUT2D eigenvalue weighted by Crippen LogP contribution is -2.17. The molecule has 0 aliphatic rings. The van der Waals surface area contributed by atoms with E-state index in [4.69, 9.17) is 29.9 Å². The predicted molar refractivity (Wildman–Crippen MR) is 262 cm³/mol. The summed E-state index contributed by atoms with van der Waals surface area (Å²) < 4.78 is 4.62. The molecule has 0 aliphatic carbocycles. The summed E-state index contributed by atoms with van der Waals surface area (Å²) in [5, 5.41) is 0. The van der Waals surface area contributed by atoms with Gasteiger partial charge in [0.2, 0.25) is 0 Å². The van der Waals surface area contributed by atoms with E-state index < -0.39 is 0 Å². The van der Waals surface area contributed by atoms with Gasteiger partial charge in [-0.3, -0.25) is 19.9 Å². The van der Waals surface area contributed by atoms with Gasteiger partial charge < -0.3 is 14.0 Å². The van der Waals surface area contributed by atoms with E-state index >= 15 is 0 Å². The van der Waals surface area contributed by atoms with Crippen molar-refractivity contribution >= 4 is 61.2 Å². The van der Waals surface area contributed by atoms with Crippen molar-refractivity contribution in [3.8, 4) is 45.3 Å². The molecule has 0 spiro atoms. The number of benzene rings is 5. The molecule has 0 N–H and O–H groups in total. The molecule has 0 saturated carbocycles. The Bertz CT molecular complexity index is 3380. The maximum Gasteiger partial charge on any atom is 0.160 e. The van der Waals surface area contributed by atoms with Gasteiger partial charge in [0.15, 0.2) is 5.82 Å². The summed E-state index contributed by atoms with van der Waals surface area (Å²) in [6.07, 6.45) is 7.35. The van der Waals surface area contributed by atoms with E-state index in [0.29, 0.717) is 5.82 Å². The molecule has 65 heavy (non-hydrogen) atoms. The Hall–Kier alpha value is -8.82. The third-order valence-corrected chi connectivity index (χ3v) is 12.0. The molecule has 7 heterocycles. The first kappa shape index (κ1) is 37.9. The van der Waals surface area contributed by atoms with Gasteiger partial charge in [0.25, 0.3) is 0 Å². The largest absolute Gasteiger partial charge is 0.307 e. The minimum Gasteiger partial charge on any atom is -0.307 e. The Morgan fingerprint density at radius 1 is 0.369 bits per heavy atom. The number of hydrogen-bond acceptors (Lipinski definition) is 7. The van der Waals surface area contributed by atoms with Gasteiger partial charge in [0, 0.05) is 52.9 Å². The van der Waals surface area contributed by atoms with Gasteiger partial charge in [-0.05, 0) is 105 Å². The zero-order valence-electron chi connectivity index (χ0n) is 35.6. The second kappa shape index (κ2) is 15.5. The fourth-order valence-corrected chi connectivity index (χ4v) is 9.00. The number of nitrogens with zero attached hydrogens (tertiary/aromatic N) is 9. The van der Waals surface area contributed by atoms with Crippen molar-refractivity contribution in [2.45, 2.75) is 13.8 Å². The average molecular weight is 838 g/mol. The molecule has 0 bridgehead atoms. The van der Waals surface area contributed by atoms with Crippen molar-refractivity contribution in [3.63, 3.8) is 0 Å². The molecule has 308 valence electrons. The Labute approximate surface area is 374 Å². The fraction of sp³-hybridized carbons (Fsp3) is 0.0357. The molecule has 0 fully saturated rings. The molecular weight excluding hydrogens is 799 g/mol. The van der Waals surface area contributed by atoms with Crippen LogP contribution in [0.1, 0.15) is 11.1 Å². The Balaban J connectivity index is 1.30. The molecule has 12 rings (SSSR count). The predicted octanol–water partition coefficient (Wildman–Crippen LogP) is 13.3. The van der Waals surface area contributed by atoms with Crippen LogP contribution in [0.25, 0.3) is 89.4 Å². The number of fused-ring (bicyclic) bond motifs is 6. The van der Waals surface area contributed by atoms with Crippen molar-refractivity contribution < 1.29 is 0 Å². The molecule has 0 amide bonds. The van der Waals surface area contributed by atoms with Crippen LogP contribution >= 0.6 is 0 Å². The van der Waals surface area contributed by atoms with Gasteiger partial charge in [-0.1, -0.05) is 96.1 Å². The highest BCUT2D eigenvalue weighted by atomic mass is 15.2. The van der Waals surface area contributed by atoms with Gasteiger partial charge in [0.1, 0.15) is 22.1 Å². The van der Waals surface area contributed by atoms with Gasteiger partial charge in [-0.25, -0.2) is 9.97 Å². The van der Waals surface area contributed by atoms with Crippen LogP contribution < -0.4 is 4.90 Å². The van der Waals surface area contributed by atoms with Crippen molar-refractivity contribution in [3.05, 3.63) is 212 Å². The first-order valence-electron chi connectivity index (χ1n) is 21.6. The molecule has 0 aliphatic heterocycles. The van der Waals surface area contributed by atoms with E-state index in [1.54, 1.807) is 0 Å². The van der Waals surface area contributed by atoms with Crippen LogP contribution in [-0.2, 0) is 0 Å². The van der Waals surface area contributed by atoms with E-state index in [-0.39, 0.29) is 0 Å². The fourth-order valence-electron chi connectivity index (χ4n) is 9.00. The van der Waals surface area contributed by atoms with E-state index in [9.17, 15) is 0 Å². The van der Waals surface area contributed by atoms with E-state index in [0.717, 1.165) is 101 Å². The smallest absolute Gasteiger partial charge is 0.160 e. The Morgan fingerprint density at radius 3 is 1.17 bits per heavy atom. The van der Waals surface area contributed by atoms with Crippen LogP contribution in [0.3, 0.4) is 0 Å². The monoisotopic (exact) mass is 837 g/mol. The first-order chi connectivity index (χ1) is 32.1. The van der Waals surface area contributed by atoms with Crippen LogP contribution in [0.2, 0.25) is 0 Å². The summed E-state index contributed by atoms with van der Waals surface area (Å²) in [6, 6.07) is 61.1. The van der Waals surface area contributed by atoms with Crippen molar-refractivity contribution in [2.24, 2.45) is 0 Å².